The number of anilines is 3. The number of hydrogen-bond donors (Lipinski definition) is 3. The molecule has 1 aromatic heterocycles. The van der Waals surface area contributed by atoms with E-state index in [1.807, 2.05) is 38.1 Å². The Morgan fingerprint density at radius 1 is 1.32 bits per heavy atom. The summed E-state index contributed by atoms with van der Waals surface area (Å²) in [5.41, 5.74) is 3.69. The molecule has 0 atom stereocenters. The number of aryl methyl sites for hydroxylation is 1. The number of hydrogen-bond acceptors (Lipinski definition) is 7. The van der Waals surface area contributed by atoms with Crippen molar-refractivity contribution in [3.8, 4) is 6.07 Å². The lowest BCUT2D eigenvalue weighted by atomic mass is 9.94. The van der Waals surface area contributed by atoms with Crippen molar-refractivity contribution >= 4 is 28.8 Å². The Morgan fingerprint density at radius 2 is 2.10 bits per heavy atom. The van der Waals surface area contributed by atoms with Gasteiger partial charge in [0.15, 0.2) is 0 Å². The molecule has 8 heteroatoms. The predicted molar refractivity (Wildman–Crippen MR) is 121 cm³/mol. The number of allylic oxidation sites excluding steroid dienone is 1. The second-order valence-electron chi connectivity index (χ2n) is 7.89. The van der Waals surface area contributed by atoms with Crippen LogP contribution in [0.15, 0.2) is 36.3 Å². The van der Waals surface area contributed by atoms with Crippen LogP contribution in [-0.2, 0) is 4.79 Å². The molecule has 0 bridgehead atoms. The summed E-state index contributed by atoms with van der Waals surface area (Å²) in [4.78, 5) is 23.4. The Morgan fingerprint density at radius 3 is 2.84 bits per heavy atom. The Bertz CT molecular complexity index is 1050. The summed E-state index contributed by atoms with van der Waals surface area (Å²) >= 11 is 0. The van der Waals surface area contributed by atoms with Gasteiger partial charge in [-0.2, -0.15) is 5.26 Å². The quantitative estimate of drug-likeness (QED) is 0.641. The summed E-state index contributed by atoms with van der Waals surface area (Å²) in [6, 6.07) is 10.3. The summed E-state index contributed by atoms with van der Waals surface area (Å²) in [5, 5.41) is 19.5. The Kier molecular flexibility index (Phi) is 6.14. The molecule has 2 aromatic rings. The van der Waals surface area contributed by atoms with Crippen LogP contribution in [0.2, 0.25) is 0 Å². The van der Waals surface area contributed by atoms with E-state index in [-0.39, 0.29) is 11.9 Å². The molecule has 3 N–H and O–H groups in total. The van der Waals surface area contributed by atoms with Gasteiger partial charge >= 0.3 is 0 Å². The number of piperidine rings is 1. The van der Waals surface area contributed by atoms with Crippen molar-refractivity contribution < 1.29 is 4.79 Å². The largest absolute Gasteiger partial charge is 0.339 e. The molecule has 0 saturated carbocycles. The fraction of sp³-hybridized carbons (Fsp3) is 0.391. The van der Waals surface area contributed by atoms with Gasteiger partial charge < -0.3 is 15.5 Å². The molecule has 31 heavy (non-hydrogen) atoms. The number of aromatic nitrogens is 2. The highest BCUT2D eigenvalue weighted by atomic mass is 16.1. The Balaban J connectivity index is 1.60. The summed E-state index contributed by atoms with van der Waals surface area (Å²) in [7, 11) is 0. The number of benzene rings is 1. The van der Waals surface area contributed by atoms with Crippen LogP contribution in [-0.4, -0.2) is 35.5 Å². The van der Waals surface area contributed by atoms with Crippen molar-refractivity contribution in [1.82, 2.24) is 15.3 Å². The smallest absolute Gasteiger partial charge is 0.229 e. The SMILES string of the molecule is CCN1/C(=C(\C#N)c2nc(NC(=O)CC3CCNCC3)ncc2C)Nc2ccccc21. The van der Waals surface area contributed by atoms with E-state index in [0.29, 0.717) is 36.0 Å². The van der Waals surface area contributed by atoms with Gasteiger partial charge in [-0.05, 0) is 63.4 Å². The third-order valence-corrected chi connectivity index (χ3v) is 5.78. The first-order chi connectivity index (χ1) is 15.1. The molecule has 0 unspecified atom stereocenters. The first-order valence-electron chi connectivity index (χ1n) is 10.7. The van der Waals surface area contributed by atoms with Crippen molar-refractivity contribution in [1.29, 1.82) is 5.26 Å². The normalized spacial score (nSPS) is 17.5. The second kappa shape index (κ2) is 9.14. The first kappa shape index (κ1) is 20.8. The maximum atomic E-state index is 12.5. The number of carbonyl (C=O) groups excluding carboxylic acids is 1. The van der Waals surface area contributed by atoms with Crippen molar-refractivity contribution in [3.63, 3.8) is 0 Å². The summed E-state index contributed by atoms with van der Waals surface area (Å²) < 4.78 is 0. The molecule has 8 nitrogen and oxygen atoms in total. The van der Waals surface area contributed by atoms with Gasteiger partial charge in [-0.3, -0.25) is 10.1 Å². The molecule has 1 amide bonds. The molecule has 4 rings (SSSR count). The van der Waals surface area contributed by atoms with Gasteiger partial charge in [-0.15, -0.1) is 0 Å². The highest BCUT2D eigenvalue weighted by Gasteiger charge is 2.27. The molecule has 1 saturated heterocycles. The number of fused-ring (bicyclic) bond motifs is 1. The monoisotopic (exact) mass is 417 g/mol. The van der Waals surface area contributed by atoms with E-state index in [0.717, 1.165) is 42.9 Å². The summed E-state index contributed by atoms with van der Waals surface area (Å²) in [5.74, 6) is 1.21. The minimum absolute atomic E-state index is 0.0885. The van der Waals surface area contributed by atoms with Crippen molar-refractivity contribution in [2.24, 2.45) is 5.92 Å². The van der Waals surface area contributed by atoms with Crippen LogP contribution in [0.4, 0.5) is 17.3 Å². The van der Waals surface area contributed by atoms with Gasteiger partial charge in [-0.1, -0.05) is 12.1 Å². The predicted octanol–water partition coefficient (Wildman–Crippen LogP) is 3.26. The van der Waals surface area contributed by atoms with E-state index in [1.54, 1.807) is 6.20 Å². The molecule has 0 radical (unpaired) electrons. The van der Waals surface area contributed by atoms with Gasteiger partial charge in [0.2, 0.25) is 11.9 Å². The second-order valence-corrected chi connectivity index (χ2v) is 7.89. The molecule has 160 valence electrons. The number of nitrogens with one attached hydrogen (secondary N) is 3. The fourth-order valence-electron chi connectivity index (χ4n) is 4.15. The number of amides is 1. The van der Waals surface area contributed by atoms with Crippen molar-refractivity contribution in [2.75, 3.05) is 35.2 Å². The Labute approximate surface area is 182 Å². The van der Waals surface area contributed by atoms with Crippen LogP contribution in [0.5, 0.6) is 0 Å². The molecule has 3 heterocycles. The lowest BCUT2D eigenvalue weighted by molar-refractivity contribution is -0.117. The van der Waals surface area contributed by atoms with Crippen LogP contribution in [0, 0.1) is 24.2 Å². The molecule has 1 fully saturated rings. The minimum atomic E-state index is -0.0885. The zero-order valence-electron chi connectivity index (χ0n) is 17.9. The van der Waals surface area contributed by atoms with E-state index < -0.39 is 0 Å². The molecular formula is C23H27N7O. The zero-order valence-corrected chi connectivity index (χ0v) is 17.9. The molecule has 1 aromatic carbocycles. The van der Waals surface area contributed by atoms with Crippen molar-refractivity contribution in [3.05, 3.63) is 47.5 Å². The summed E-state index contributed by atoms with van der Waals surface area (Å²) in [6.07, 6.45) is 4.11. The standard InChI is InChI=1S/C23H27N7O/c1-3-30-19-7-5-4-6-18(19)27-22(30)17(13-24)21-15(2)14-26-23(29-21)28-20(31)12-16-8-10-25-11-9-16/h4-7,14,16,25,27H,3,8-12H2,1-2H3,(H,26,28,29,31)/b22-17+. The molecular weight excluding hydrogens is 390 g/mol. The van der Waals surface area contributed by atoms with Crippen LogP contribution in [0.3, 0.4) is 0 Å². The highest BCUT2D eigenvalue weighted by Crippen LogP contribution is 2.38. The van der Waals surface area contributed by atoms with E-state index in [4.69, 9.17) is 0 Å². The van der Waals surface area contributed by atoms with E-state index in [9.17, 15) is 10.1 Å². The lowest BCUT2D eigenvalue weighted by Crippen LogP contribution is -2.30. The van der Waals surface area contributed by atoms with Crippen LogP contribution in [0.25, 0.3) is 5.57 Å². The average Bonchev–Trinajstić information content (AvgIpc) is 3.15. The third-order valence-electron chi connectivity index (χ3n) is 5.78. The number of nitrogens with zero attached hydrogens (tertiary/aromatic N) is 4. The maximum absolute atomic E-state index is 12.5. The molecule has 0 spiro atoms. The Hall–Kier alpha value is -3.44. The van der Waals surface area contributed by atoms with Gasteiger partial charge in [0, 0.05) is 19.2 Å². The van der Waals surface area contributed by atoms with Gasteiger partial charge in [0.25, 0.3) is 0 Å². The highest BCUT2D eigenvalue weighted by molar-refractivity contribution is 5.92. The number of para-hydroxylation sites is 2. The minimum Gasteiger partial charge on any atom is -0.339 e. The first-order valence-corrected chi connectivity index (χ1v) is 10.7. The average molecular weight is 418 g/mol. The van der Waals surface area contributed by atoms with Crippen LogP contribution in [0.1, 0.15) is 37.4 Å². The molecule has 0 aliphatic carbocycles. The van der Waals surface area contributed by atoms with Gasteiger partial charge in [-0.25, -0.2) is 9.97 Å². The maximum Gasteiger partial charge on any atom is 0.229 e. The van der Waals surface area contributed by atoms with E-state index >= 15 is 0 Å². The molecule has 2 aliphatic heterocycles. The third kappa shape index (κ3) is 4.37. The van der Waals surface area contributed by atoms with E-state index in [1.165, 1.54) is 0 Å². The van der Waals surface area contributed by atoms with Gasteiger partial charge in [0.1, 0.15) is 17.5 Å². The number of rotatable bonds is 5. The number of nitriles is 1. The summed E-state index contributed by atoms with van der Waals surface area (Å²) in [6.45, 7) is 6.51. The topological polar surface area (TPSA) is 106 Å². The van der Waals surface area contributed by atoms with E-state index in [2.05, 4.69) is 36.9 Å². The number of carbonyl (C=O) groups is 1. The van der Waals surface area contributed by atoms with Gasteiger partial charge in [0.05, 0.1) is 17.1 Å². The lowest BCUT2D eigenvalue weighted by Gasteiger charge is -2.21. The van der Waals surface area contributed by atoms with Crippen molar-refractivity contribution in [2.45, 2.75) is 33.1 Å². The zero-order chi connectivity index (χ0) is 21.8. The molecule has 2 aliphatic rings. The van der Waals surface area contributed by atoms with Crippen LogP contribution < -0.4 is 20.9 Å². The fourth-order valence-corrected chi connectivity index (χ4v) is 4.15. The van der Waals surface area contributed by atoms with Crippen LogP contribution >= 0.6 is 0 Å².